The molecule has 0 radical (unpaired) electrons. The van der Waals surface area contributed by atoms with Crippen LogP contribution in [0.1, 0.15) is 34.6 Å². The highest BCUT2D eigenvalue weighted by molar-refractivity contribution is 6.31. The summed E-state index contributed by atoms with van der Waals surface area (Å²) in [6, 6.07) is 20.6. The molecule has 3 aromatic carbocycles. The number of amides is 1. The van der Waals surface area contributed by atoms with Crippen molar-refractivity contribution in [3.63, 3.8) is 0 Å². The number of aryl methyl sites for hydroxylation is 1. The number of anilines is 1. The summed E-state index contributed by atoms with van der Waals surface area (Å²) in [4.78, 5) is 31.4. The zero-order valence-corrected chi connectivity index (χ0v) is 20.5. The van der Waals surface area contributed by atoms with Crippen LogP contribution in [0.15, 0.2) is 71.7 Å². The zero-order chi connectivity index (χ0) is 24.9. The maximum atomic E-state index is 13.1. The number of fused-ring (bicyclic) bond motifs is 1. The number of rotatable bonds is 9. The number of carboxylic acid groups (broad SMARTS) is 1. The second-order valence-electron chi connectivity index (χ2n) is 9.00. The van der Waals surface area contributed by atoms with E-state index < -0.39 is 11.9 Å². The van der Waals surface area contributed by atoms with Crippen molar-refractivity contribution in [1.82, 2.24) is 4.90 Å². The lowest BCUT2D eigenvalue weighted by Gasteiger charge is -2.15. The van der Waals surface area contributed by atoms with Crippen LogP contribution in [0.25, 0.3) is 0 Å². The number of carboxylic acids is 1. The van der Waals surface area contributed by atoms with Gasteiger partial charge in [-0.1, -0.05) is 54.1 Å². The number of benzene rings is 3. The molecule has 0 saturated heterocycles. The maximum absolute atomic E-state index is 13.1. The van der Waals surface area contributed by atoms with Crippen LogP contribution in [-0.2, 0) is 22.4 Å². The molecule has 2 N–H and O–H groups in total. The summed E-state index contributed by atoms with van der Waals surface area (Å²) in [6.07, 6.45) is 1.91. The molecule has 4 rings (SSSR count). The lowest BCUT2D eigenvalue weighted by atomic mass is 9.90. The molecule has 0 bridgehead atoms. The van der Waals surface area contributed by atoms with Crippen molar-refractivity contribution in [3.8, 4) is 0 Å². The number of hydrogen-bond acceptors (Lipinski definition) is 4. The van der Waals surface area contributed by atoms with Gasteiger partial charge in [0.25, 0.3) is 0 Å². The summed E-state index contributed by atoms with van der Waals surface area (Å²) in [7, 11) is 4.12. The molecule has 1 unspecified atom stereocenters. The minimum atomic E-state index is -0.890. The van der Waals surface area contributed by atoms with Crippen LogP contribution in [0.3, 0.4) is 0 Å². The van der Waals surface area contributed by atoms with Crippen molar-refractivity contribution in [2.75, 3.05) is 26.0 Å². The molecule has 35 heavy (non-hydrogen) atoms. The van der Waals surface area contributed by atoms with E-state index in [1.165, 1.54) is 5.56 Å². The molecule has 6 nitrogen and oxygen atoms in total. The first-order chi connectivity index (χ1) is 16.8. The highest BCUT2D eigenvalue weighted by Crippen LogP contribution is 2.37. The maximum Gasteiger partial charge on any atom is 0.307 e. The minimum absolute atomic E-state index is 0.0625. The predicted molar refractivity (Wildman–Crippen MR) is 140 cm³/mol. The van der Waals surface area contributed by atoms with Crippen LogP contribution in [-0.4, -0.2) is 48.2 Å². The molecule has 0 spiro atoms. The Morgan fingerprint density at radius 2 is 1.83 bits per heavy atom. The van der Waals surface area contributed by atoms with Crippen molar-refractivity contribution in [1.29, 1.82) is 0 Å². The highest BCUT2D eigenvalue weighted by atomic mass is 35.5. The van der Waals surface area contributed by atoms with Gasteiger partial charge in [0.05, 0.1) is 17.8 Å². The van der Waals surface area contributed by atoms with Crippen molar-refractivity contribution < 1.29 is 14.7 Å². The fourth-order valence-corrected chi connectivity index (χ4v) is 4.46. The molecule has 180 valence electrons. The molecule has 1 heterocycles. The number of halogens is 1. The molecule has 0 saturated carbocycles. The standard InChI is InChI=1S/C28H28ClN3O3/c1-32(2)14-4-6-18-5-3-7-22(15-18)30-27(20-10-8-19(9-11-20)16-25(33)34)26-23-13-12-21(29)17-24(23)31-28(26)35/h3,5,7-13,15,17,26H,4,6,14,16H2,1-2H3,(H,31,35)(H,33,34). The quantitative estimate of drug-likeness (QED) is 0.399. The summed E-state index contributed by atoms with van der Waals surface area (Å²) >= 11 is 6.15. The first-order valence-corrected chi connectivity index (χ1v) is 11.9. The number of nitrogens with one attached hydrogen (secondary N) is 1. The molecule has 0 aromatic heterocycles. The van der Waals surface area contributed by atoms with Crippen molar-refractivity contribution in [2.24, 2.45) is 4.99 Å². The third kappa shape index (κ3) is 6.15. The van der Waals surface area contributed by atoms with Crippen LogP contribution in [0.2, 0.25) is 5.02 Å². The molecular weight excluding hydrogens is 462 g/mol. The van der Waals surface area contributed by atoms with Gasteiger partial charge in [-0.3, -0.25) is 14.6 Å². The first kappa shape index (κ1) is 24.6. The van der Waals surface area contributed by atoms with E-state index in [0.717, 1.165) is 36.2 Å². The van der Waals surface area contributed by atoms with E-state index >= 15 is 0 Å². The van der Waals surface area contributed by atoms with Crippen molar-refractivity contribution in [2.45, 2.75) is 25.2 Å². The SMILES string of the molecule is CN(C)CCCc1cccc(N=C(c2ccc(CC(=O)O)cc2)C2C(=O)Nc3cc(Cl)ccc32)c1. The number of nitrogens with zero attached hydrogens (tertiary/aromatic N) is 2. The monoisotopic (exact) mass is 489 g/mol. The molecule has 1 aliphatic rings. The second kappa shape index (κ2) is 10.8. The van der Waals surface area contributed by atoms with Gasteiger partial charge in [0, 0.05) is 10.7 Å². The molecule has 0 fully saturated rings. The summed E-state index contributed by atoms with van der Waals surface area (Å²) in [5.74, 6) is -1.67. The normalized spacial score (nSPS) is 15.3. The third-order valence-corrected chi connectivity index (χ3v) is 6.19. The van der Waals surface area contributed by atoms with Gasteiger partial charge < -0.3 is 15.3 Å². The Morgan fingerprint density at radius 1 is 1.06 bits per heavy atom. The average molecular weight is 490 g/mol. The summed E-state index contributed by atoms with van der Waals surface area (Å²) in [5, 5.41) is 12.6. The van der Waals surface area contributed by atoms with Gasteiger partial charge in [-0.05, 0) is 80.0 Å². The summed E-state index contributed by atoms with van der Waals surface area (Å²) in [6.45, 7) is 1.00. The van der Waals surface area contributed by atoms with Crippen molar-refractivity contribution >= 4 is 40.6 Å². The van der Waals surface area contributed by atoms with Crippen molar-refractivity contribution in [3.05, 3.63) is 94.0 Å². The van der Waals surface area contributed by atoms with Gasteiger partial charge in [0.2, 0.25) is 5.91 Å². The van der Waals surface area contributed by atoms with Crippen LogP contribution >= 0.6 is 11.6 Å². The number of carbonyl (C=O) groups excluding carboxylic acids is 1. The van der Waals surface area contributed by atoms with Gasteiger partial charge in [0.1, 0.15) is 5.92 Å². The molecule has 1 amide bonds. The molecule has 3 aromatic rings. The lowest BCUT2D eigenvalue weighted by molar-refractivity contribution is -0.136. The van der Waals surface area contributed by atoms with Gasteiger partial charge in [-0.15, -0.1) is 0 Å². The Hall–Kier alpha value is -3.48. The van der Waals surface area contributed by atoms with Crippen LogP contribution in [0, 0.1) is 0 Å². The largest absolute Gasteiger partial charge is 0.481 e. The Bertz CT molecular complexity index is 1270. The number of aliphatic carboxylic acids is 1. The Morgan fingerprint density at radius 3 is 2.54 bits per heavy atom. The number of hydrogen-bond donors (Lipinski definition) is 2. The minimum Gasteiger partial charge on any atom is -0.481 e. The van der Waals surface area contributed by atoms with Gasteiger partial charge in [-0.2, -0.15) is 0 Å². The Kier molecular flexibility index (Phi) is 7.63. The van der Waals surface area contributed by atoms with E-state index in [9.17, 15) is 9.59 Å². The van der Waals surface area contributed by atoms with E-state index in [4.69, 9.17) is 21.7 Å². The van der Waals surface area contributed by atoms with E-state index in [0.29, 0.717) is 22.0 Å². The Labute approximate surface area is 210 Å². The van der Waals surface area contributed by atoms with Crippen LogP contribution < -0.4 is 5.32 Å². The highest BCUT2D eigenvalue weighted by Gasteiger charge is 2.35. The summed E-state index contributed by atoms with van der Waals surface area (Å²) in [5.41, 5.74) is 5.51. The Balaban J connectivity index is 1.74. The van der Waals surface area contributed by atoms with E-state index in [2.05, 4.69) is 36.4 Å². The van der Waals surface area contributed by atoms with Crippen LogP contribution in [0.5, 0.6) is 0 Å². The molecule has 7 heteroatoms. The zero-order valence-electron chi connectivity index (χ0n) is 19.8. The predicted octanol–water partition coefficient (Wildman–Crippen LogP) is 5.32. The fraction of sp³-hybridized carbons (Fsp3) is 0.250. The lowest BCUT2D eigenvalue weighted by Crippen LogP contribution is -2.22. The van der Waals surface area contributed by atoms with E-state index in [1.54, 1.807) is 24.3 Å². The third-order valence-electron chi connectivity index (χ3n) is 5.96. The second-order valence-corrected chi connectivity index (χ2v) is 9.43. The number of carbonyl (C=O) groups is 2. The summed E-state index contributed by atoms with van der Waals surface area (Å²) < 4.78 is 0. The van der Waals surface area contributed by atoms with Gasteiger partial charge in [0.15, 0.2) is 0 Å². The average Bonchev–Trinajstić information content (AvgIpc) is 3.12. The number of aliphatic imine (C=N–C) groups is 1. The van der Waals surface area contributed by atoms with Gasteiger partial charge in [-0.25, -0.2) is 0 Å². The first-order valence-electron chi connectivity index (χ1n) is 11.5. The molecule has 0 aliphatic carbocycles. The molecular formula is C28H28ClN3O3. The van der Waals surface area contributed by atoms with Crippen LogP contribution in [0.4, 0.5) is 11.4 Å². The molecule has 1 aliphatic heterocycles. The van der Waals surface area contributed by atoms with E-state index in [1.807, 2.05) is 30.3 Å². The fourth-order valence-electron chi connectivity index (χ4n) is 4.29. The molecule has 1 atom stereocenters. The van der Waals surface area contributed by atoms with E-state index in [-0.39, 0.29) is 12.3 Å². The smallest absolute Gasteiger partial charge is 0.307 e. The van der Waals surface area contributed by atoms with Gasteiger partial charge >= 0.3 is 5.97 Å². The topological polar surface area (TPSA) is 82.0 Å².